The molecule has 20 heavy (non-hydrogen) atoms. The maximum Gasteiger partial charge on any atom is 0.206 e. The summed E-state index contributed by atoms with van der Waals surface area (Å²) in [5.74, 6) is 6.67. The van der Waals surface area contributed by atoms with Crippen LogP contribution in [0.2, 0.25) is 0 Å². The number of guanidine groups is 1. The van der Waals surface area contributed by atoms with Crippen molar-refractivity contribution in [3.05, 3.63) is 48.0 Å². The predicted molar refractivity (Wildman–Crippen MR) is 85.3 cm³/mol. The first kappa shape index (κ1) is 14.3. The van der Waals surface area contributed by atoms with Crippen LogP contribution in [0, 0.1) is 5.92 Å². The third kappa shape index (κ3) is 3.71. The Kier molecular flexibility index (Phi) is 4.96. The van der Waals surface area contributed by atoms with Crippen LogP contribution >= 0.6 is 0 Å². The molecule has 0 unspecified atom stereocenters. The van der Waals surface area contributed by atoms with E-state index in [1.54, 1.807) is 0 Å². The first-order valence-electron chi connectivity index (χ1n) is 6.92. The second-order valence-corrected chi connectivity index (χ2v) is 5.22. The lowest BCUT2D eigenvalue weighted by molar-refractivity contribution is 0.615. The van der Waals surface area contributed by atoms with Crippen molar-refractivity contribution in [1.29, 1.82) is 0 Å². The molecular formula is C16H22N4. The summed E-state index contributed by atoms with van der Waals surface area (Å²) in [6.07, 6.45) is 0. The molecule has 2 aromatic carbocycles. The molecule has 0 bridgehead atoms. The molecule has 0 amide bonds. The summed E-state index contributed by atoms with van der Waals surface area (Å²) in [6, 6.07) is 14.6. The topological polar surface area (TPSA) is 62.4 Å². The largest absolute Gasteiger partial charge is 0.355 e. The molecule has 0 aliphatic rings. The van der Waals surface area contributed by atoms with Crippen LogP contribution in [0.4, 0.5) is 0 Å². The van der Waals surface area contributed by atoms with Crippen molar-refractivity contribution in [1.82, 2.24) is 10.7 Å². The van der Waals surface area contributed by atoms with Crippen LogP contribution in [0.25, 0.3) is 10.8 Å². The van der Waals surface area contributed by atoms with Gasteiger partial charge in [-0.05, 0) is 22.3 Å². The fraction of sp³-hybridized carbons (Fsp3) is 0.312. The standard InChI is InChI=1S/C16H22N4/c1-12(2)10-18-16(20-17)19-11-14-8-5-7-13-6-3-4-9-15(13)14/h3-9,12H,10-11,17H2,1-2H3,(H2,18,19,20). The number of nitrogens with zero attached hydrogens (tertiary/aromatic N) is 1. The molecule has 4 nitrogen and oxygen atoms in total. The molecule has 4 N–H and O–H groups in total. The molecule has 2 aromatic rings. The monoisotopic (exact) mass is 270 g/mol. The lowest BCUT2D eigenvalue weighted by Gasteiger charge is -2.11. The number of rotatable bonds is 4. The summed E-state index contributed by atoms with van der Waals surface area (Å²) >= 11 is 0. The first-order valence-corrected chi connectivity index (χ1v) is 6.92. The Labute approximate surface area is 120 Å². The summed E-state index contributed by atoms with van der Waals surface area (Å²) in [7, 11) is 0. The van der Waals surface area contributed by atoms with E-state index in [1.807, 2.05) is 6.07 Å². The van der Waals surface area contributed by atoms with Gasteiger partial charge in [-0.15, -0.1) is 0 Å². The Hall–Kier alpha value is -2.07. The number of benzene rings is 2. The smallest absolute Gasteiger partial charge is 0.206 e. The third-order valence-electron chi connectivity index (χ3n) is 3.10. The van der Waals surface area contributed by atoms with Gasteiger partial charge in [-0.25, -0.2) is 10.8 Å². The minimum atomic E-state index is 0.547. The highest BCUT2D eigenvalue weighted by Crippen LogP contribution is 2.18. The third-order valence-corrected chi connectivity index (χ3v) is 3.10. The summed E-state index contributed by atoms with van der Waals surface area (Å²) < 4.78 is 0. The van der Waals surface area contributed by atoms with E-state index in [0.717, 1.165) is 6.54 Å². The second kappa shape index (κ2) is 6.91. The van der Waals surface area contributed by atoms with Crippen molar-refractivity contribution >= 4 is 16.7 Å². The van der Waals surface area contributed by atoms with Crippen molar-refractivity contribution in [3.8, 4) is 0 Å². The Morgan fingerprint density at radius 3 is 2.65 bits per heavy atom. The Morgan fingerprint density at radius 1 is 1.15 bits per heavy atom. The zero-order valence-corrected chi connectivity index (χ0v) is 12.1. The van der Waals surface area contributed by atoms with Crippen molar-refractivity contribution in [2.75, 3.05) is 6.54 Å². The SMILES string of the molecule is CC(C)CNC(=NCc1cccc2ccccc12)NN. The molecule has 0 fully saturated rings. The molecule has 0 atom stereocenters. The highest BCUT2D eigenvalue weighted by Gasteiger charge is 2.01. The lowest BCUT2D eigenvalue weighted by Crippen LogP contribution is -2.42. The molecule has 0 aliphatic heterocycles. The molecule has 0 radical (unpaired) electrons. The number of hydrogen-bond acceptors (Lipinski definition) is 2. The molecule has 0 saturated carbocycles. The molecule has 4 heteroatoms. The van der Waals surface area contributed by atoms with E-state index in [9.17, 15) is 0 Å². The fourth-order valence-electron chi connectivity index (χ4n) is 2.05. The van der Waals surface area contributed by atoms with Gasteiger partial charge in [0, 0.05) is 6.54 Å². The fourth-order valence-corrected chi connectivity index (χ4v) is 2.05. The van der Waals surface area contributed by atoms with E-state index in [1.165, 1.54) is 16.3 Å². The van der Waals surface area contributed by atoms with Crippen LogP contribution in [-0.2, 0) is 6.54 Å². The van der Waals surface area contributed by atoms with E-state index in [0.29, 0.717) is 18.4 Å². The van der Waals surface area contributed by atoms with E-state index in [-0.39, 0.29) is 0 Å². The number of fused-ring (bicyclic) bond motifs is 1. The van der Waals surface area contributed by atoms with Gasteiger partial charge in [0.05, 0.1) is 6.54 Å². The van der Waals surface area contributed by atoms with E-state index >= 15 is 0 Å². The number of nitrogens with one attached hydrogen (secondary N) is 2. The van der Waals surface area contributed by atoms with Gasteiger partial charge >= 0.3 is 0 Å². The summed E-state index contributed by atoms with van der Waals surface area (Å²) in [4.78, 5) is 4.50. The Morgan fingerprint density at radius 2 is 1.90 bits per heavy atom. The minimum absolute atomic E-state index is 0.547. The maximum atomic E-state index is 5.49. The molecular weight excluding hydrogens is 248 g/mol. The second-order valence-electron chi connectivity index (χ2n) is 5.22. The van der Waals surface area contributed by atoms with Gasteiger partial charge < -0.3 is 5.32 Å². The average molecular weight is 270 g/mol. The predicted octanol–water partition coefficient (Wildman–Crippen LogP) is 2.40. The summed E-state index contributed by atoms with van der Waals surface area (Å²) in [6.45, 7) is 5.74. The van der Waals surface area contributed by atoms with Crippen LogP contribution in [0.1, 0.15) is 19.4 Å². The average Bonchev–Trinajstić information content (AvgIpc) is 2.47. The van der Waals surface area contributed by atoms with Crippen LogP contribution in [0.3, 0.4) is 0 Å². The number of aliphatic imine (C=N–C) groups is 1. The quantitative estimate of drug-likeness (QED) is 0.346. The molecule has 0 heterocycles. The van der Waals surface area contributed by atoms with Gasteiger partial charge in [-0.2, -0.15) is 0 Å². The Bertz CT molecular complexity index is 585. The molecule has 0 aromatic heterocycles. The van der Waals surface area contributed by atoms with E-state index in [2.05, 4.69) is 66.0 Å². The van der Waals surface area contributed by atoms with E-state index in [4.69, 9.17) is 5.84 Å². The van der Waals surface area contributed by atoms with Crippen molar-refractivity contribution in [3.63, 3.8) is 0 Å². The summed E-state index contributed by atoms with van der Waals surface area (Å²) in [5.41, 5.74) is 3.81. The van der Waals surface area contributed by atoms with Gasteiger partial charge in [0.25, 0.3) is 0 Å². The van der Waals surface area contributed by atoms with Gasteiger partial charge in [0.1, 0.15) is 0 Å². The van der Waals surface area contributed by atoms with Crippen LogP contribution in [0.5, 0.6) is 0 Å². The van der Waals surface area contributed by atoms with Gasteiger partial charge in [-0.1, -0.05) is 56.3 Å². The molecule has 0 saturated heterocycles. The molecule has 0 spiro atoms. The normalized spacial score (nSPS) is 11.9. The number of nitrogens with two attached hydrogens (primary N) is 1. The molecule has 0 aliphatic carbocycles. The van der Waals surface area contributed by atoms with Crippen molar-refractivity contribution in [2.45, 2.75) is 20.4 Å². The van der Waals surface area contributed by atoms with Crippen molar-refractivity contribution < 1.29 is 0 Å². The zero-order chi connectivity index (χ0) is 14.4. The van der Waals surface area contributed by atoms with Gasteiger partial charge in [-0.3, -0.25) is 5.43 Å². The van der Waals surface area contributed by atoms with Crippen LogP contribution in [0.15, 0.2) is 47.5 Å². The van der Waals surface area contributed by atoms with Gasteiger partial charge in [0.15, 0.2) is 0 Å². The van der Waals surface area contributed by atoms with E-state index < -0.39 is 0 Å². The maximum absolute atomic E-state index is 5.49. The van der Waals surface area contributed by atoms with Crippen molar-refractivity contribution in [2.24, 2.45) is 16.8 Å². The lowest BCUT2D eigenvalue weighted by atomic mass is 10.1. The van der Waals surface area contributed by atoms with Crippen LogP contribution < -0.4 is 16.6 Å². The molecule has 106 valence electrons. The minimum Gasteiger partial charge on any atom is -0.355 e. The highest BCUT2D eigenvalue weighted by molar-refractivity contribution is 5.86. The highest BCUT2D eigenvalue weighted by atomic mass is 15.3. The molecule has 2 rings (SSSR count). The zero-order valence-electron chi connectivity index (χ0n) is 12.1. The van der Waals surface area contributed by atoms with Crippen LogP contribution in [-0.4, -0.2) is 12.5 Å². The summed E-state index contributed by atoms with van der Waals surface area (Å²) in [5, 5.41) is 5.67. The number of hydrogen-bond donors (Lipinski definition) is 3. The van der Waals surface area contributed by atoms with Gasteiger partial charge in [0.2, 0.25) is 5.96 Å². The first-order chi connectivity index (χ1) is 9.70. The Balaban J connectivity index is 2.14. The number of hydrazine groups is 1.